The highest BCUT2D eigenvalue weighted by atomic mass is 16.3. The summed E-state index contributed by atoms with van der Waals surface area (Å²) in [6.45, 7) is 4.33. The molecule has 280 valence electrons. The smallest absolute Gasteiger partial charge is 0.220 e. The fourth-order valence-electron chi connectivity index (χ4n) is 6.71. The van der Waals surface area contributed by atoms with E-state index in [0.29, 0.717) is 6.42 Å². The molecule has 0 radical (unpaired) electrons. The molecule has 0 aliphatic heterocycles. The fraction of sp³-hybridized carbons (Fsp3) is 0.930. The maximum atomic E-state index is 12.4. The van der Waals surface area contributed by atoms with E-state index in [2.05, 4.69) is 19.2 Å². The minimum atomic E-state index is -0.833. The third kappa shape index (κ3) is 36.2. The van der Waals surface area contributed by atoms with E-state index in [9.17, 15) is 15.0 Å². The average Bonchev–Trinajstić information content (AvgIpc) is 3.07. The third-order valence-corrected chi connectivity index (χ3v) is 10.0. The molecule has 4 nitrogen and oxygen atoms in total. The van der Waals surface area contributed by atoms with Gasteiger partial charge < -0.3 is 15.5 Å². The number of hydrogen-bond acceptors (Lipinski definition) is 3. The predicted octanol–water partition coefficient (Wildman–Crippen LogP) is 13.1. The molecule has 0 fully saturated rings. The van der Waals surface area contributed by atoms with Gasteiger partial charge in [-0.05, 0) is 19.3 Å². The molecule has 0 rings (SSSR count). The first-order chi connectivity index (χ1) is 23.2. The Kier molecular flexibility index (Phi) is 38.8. The van der Waals surface area contributed by atoms with E-state index in [-0.39, 0.29) is 12.5 Å². The van der Waals surface area contributed by atoms with E-state index in [1.165, 1.54) is 193 Å². The lowest BCUT2D eigenvalue weighted by Crippen LogP contribution is -2.45. The number of rotatable bonds is 39. The van der Waals surface area contributed by atoms with Crippen molar-refractivity contribution in [2.45, 2.75) is 251 Å². The minimum Gasteiger partial charge on any atom is -0.394 e. The molecule has 0 saturated heterocycles. The Hall–Kier alpha value is -0.870. The largest absolute Gasteiger partial charge is 0.394 e. The number of aliphatic hydroxyl groups excluding tert-OH is 2. The first kappa shape index (κ1) is 46.1. The van der Waals surface area contributed by atoms with Crippen molar-refractivity contribution in [3.8, 4) is 0 Å². The Morgan fingerprint density at radius 1 is 0.489 bits per heavy atom. The summed E-state index contributed by atoms with van der Waals surface area (Å²) in [5.74, 6) is -0.0602. The van der Waals surface area contributed by atoms with Crippen LogP contribution >= 0.6 is 0 Å². The zero-order valence-electron chi connectivity index (χ0n) is 32.1. The van der Waals surface area contributed by atoms with Crippen molar-refractivity contribution in [1.82, 2.24) is 5.32 Å². The number of allylic oxidation sites excluding steroid dienone is 1. The van der Waals surface area contributed by atoms with Gasteiger partial charge in [-0.1, -0.05) is 225 Å². The molecule has 2 unspecified atom stereocenters. The Balaban J connectivity index is 3.54. The van der Waals surface area contributed by atoms with E-state index in [0.717, 1.165) is 25.7 Å². The molecule has 0 aromatic heterocycles. The van der Waals surface area contributed by atoms with Crippen LogP contribution in [0, 0.1) is 0 Å². The molecule has 0 spiro atoms. The summed E-state index contributed by atoms with van der Waals surface area (Å²) in [7, 11) is 0. The van der Waals surface area contributed by atoms with Crippen LogP contribution < -0.4 is 5.32 Å². The van der Waals surface area contributed by atoms with Crippen LogP contribution in [0.4, 0.5) is 0 Å². The van der Waals surface area contributed by atoms with Crippen LogP contribution in [0.1, 0.15) is 239 Å². The molecule has 0 aliphatic carbocycles. The van der Waals surface area contributed by atoms with Gasteiger partial charge in [0.05, 0.1) is 18.8 Å². The second-order valence-corrected chi connectivity index (χ2v) is 14.8. The molecule has 2 atom stereocenters. The molecule has 0 aromatic rings. The highest BCUT2D eigenvalue weighted by molar-refractivity contribution is 5.76. The van der Waals surface area contributed by atoms with Crippen LogP contribution in [0.5, 0.6) is 0 Å². The summed E-state index contributed by atoms with van der Waals surface area (Å²) in [5, 5.41) is 23.0. The van der Waals surface area contributed by atoms with Gasteiger partial charge in [0.1, 0.15) is 0 Å². The maximum absolute atomic E-state index is 12.4. The molecule has 0 aromatic carbocycles. The topological polar surface area (TPSA) is 69.6 Å². The monoisotopic (exact) mass is 664 g/mol. The van der Waals surface area contributed by atoms with Crippen molar-refractivity contribution in [2.75, 3.05) is 6.61 Å². The van der Waals surface area contributed by atoms with Gasteiger partial charge in [-0.15, -0.1) is 0 Å². The van der Waals surface area contributed by atoms with E-state index < -0.39 is 12.1 Å². The maximum Gasteiger partial charge on any atom is 0.220 e. The van der Waals surface area contributed by atoms with Crippen molar-refractivity contribution < 1.29 is 15.0 Å². The Bertz CT molecular complexity index is 637. The lowest BCUT2D eigenvalue weighted by molar-refractivity contribution is -0.123. The first-order valence-corrected chi connectivity index (χ1v) is 21.4. The molecule has 0 heterocycles. The van der Waals surface area contributed by atoms with Crippen LogP contribution in [0.3, 0.4) is 0 Å². The first-order valence-electron chi connectivity index (χ1n) is 21.4. The summed E-state index contributed by atoms with van der Waals surface area (Å²) in [5.41, 5.74) is 0. The van der Waals surface area contributed by atoms with Gasteiger partial charge >= 0.3 is 0 Å². The minimum absolute atomic E-state index is 0.0602. The normalized spacial score (nSPS) is 13.0. The molecule has 4 heteroatoms. The Morgan fingerprint density at radius 3 is 1.11 bits per heavy atom. The van der Waals surface area contributed by atoms with E-state index in [1.54, 1.807) is 6.08 Å². The van der Waals surface area contributed by atoms with Crippen molar-refractivity contribution in [2.24, 2.45) is 0 Å². The number of amides is 1. The van der Waals surface area contributed by atoms with E-state index >= 15 is 0 Å². The lowest BCUT2D eigenvalue weighted by atomic mass is 10.0. The molecule has 1 amide bonds. The molecule has 0 saturated carbocycles. The van der Waals surface area contributed by atoms with Gasteiger partial charge in [-0.25, -0.2) is 0 Å². The summed E-state index contributed by atoms with van der Waals surface area (Å²) in [6.07, 6.45) is 48.8. The van der Waals surface area contributed by atoms with Gasteiger partial charge in [0.2, 0.25) is 5.91 Å². The van der Waals surface area contributed by atoms with Crippen molar-refractivity contribution in [1.29, 1.82) is 0 Å². The second-order valence-electron chi connectivity index (χ2n) is 14.8. The van der Waals surface area contributed by atoms with E-state index in [1.807, 2.05) is 6.08 Å². The molecule has 47 heavy (non-hydrogen) atoms. The van der Waals surface area contributed by atoms with Crippen LogP contribution in [0.2, 0.25) is 0 Å². The Morgan fingerprint density at radius 2 is 0.787 bits per heavy atom. The standard InChI is InChI=1S/C43H85NO3/c1-3-5-7-9-11-13-15-17-19-21-22-23-24-26-28-30-32-34-36-38-42(46)41(40-45)44-43(47)39-37-35-33-31-29-27-25-20-18-16-14-12-10-8-6-4-2/h36,38,41-42,45-46H,3-35,37,39-40H2,1-2H3,(H,44,47)/b38-36+. The zero-order valence-corrected chi connectivity index (χ0v) is 32.1. The molecular weight excluding hydrogens is 578 g/mol. The number of aliphatic hydroxyl groups is 2. The highest BCUT2D eigenvalue weighted by Gasteiger charge is 2.17. The van der Waals surface area contributed by atoms with Crippen LogP contribution in [-0.2, 0) is 4.79 Å². The quantitative estimate of drug-likeness (QED) is 0.0453. The van der Waals surface area contributed by atoms with Gasteiger partial charge in [0.25, 0.3) is 0 Å². The van der Waals surface area contributed by atoms with Crippen molar-refractivity contribution in [3.63, 3.8) is 0 Å². The van der Waals surface area contributed by atoms with E-state index in [4.69, 9.17) is 0 Å². The van der Waals surface area contributed by atoms with Crippen LogP contribution in [0.15, 0.2) is 12.2 Å². The molecule has 3 N–H and O–H groups in total. The van der Waals surface area contributed by atoms with Crippen LogP contribution in [0.25, 0.3) is 0 Å². The van der Waals surface area contributed by atoms with Gasteiger partial charge in [0, 0.05) is 6.42 Å². The second kappa shape index (κ2) is 39.6. The highest BCUT2D eigenvalue weighted by Crippen LogP contribution is 2.16. The van der Waals surface area contributed by atoms with Crippen LogP contribution in [-0.4, -0.2) is 34.9 Å². The zero-order chi connectivity index (χ0) is 34.3. The van der Waals surface area contributed by atoms with Gasteiger partial charge in [-0.2, -0.15) is 0 Å². The van der Waals surface area contributed by atoms with Crippen molar-refractivity contribution in [3.05, 3.63) is 12.2 Å². The van der Waals surface area contributed by atoms with Gasteiger partial charge in [0.15, 0.2) is 0 Å². The molecule has 0 bridgehead atoms. The molecular formula is C43H85NO3. The third-order valence-electron chi connectivity index (χ3n) is 10.0. The summed E-state index contributed by atoms with van der Waals surface area (Å²) in [6, 6.07) is -0.615. The number of hydrogen-bond donors (Lipinski definition) is 3. The number of nitrogens with one attached hydrogen (secondary N) is 1. The Labute approximate surface area is 295 Å². The number of unbranched alkanes of at least 4 members (excludes halogenated alkanes) is 32. The SMILES string of the molecule is CCCCCCCCCCCCCCCCCCC/C=C/C(O)C(CO)NC(=O)CCCCCCCCCCCCCCCCCC. The lowest BCUT2D eigenvalue weighted by Gasteiger charge is -2.20. The average molecular weight is 664 g/mol. The summed E-state index contributed by atoms with van der Waals surface area (Å²) >= 11 is 0. The number of carbonyl (C=O) groups excluding carboxylic acids is 1. The summed E-state index contributed by atoms with van der Waals surface area (Å²) < 4.78 is 0. The van der Waals surface area contributed by atoms with Gasteiger partial charge in [-0.3, -0.25) is 4.79 Å². The van der Waals surface area contributed by atoms with Crippen molar-refractivity contribution >= 4 is 5.91 Å². The number of carbonyl (C=O) groups is 1. The predicted molar refractivity (Wildman–Crippen MR) is 207 cm³/mol. The molecule has 0 aliphatic rings. The summed E-state index contributed by atoms with van der Waals surface area (Å²) in [4.78, 5) is 12.4. The fourth-order valence-corrected chi connectivity index (χ4v) is 6.71.